The summed E-state index contributed by atoms with van der Waals surface area (Å²) in [6, 6.07) is 64.0. The minimum Gasteiger partial charge on any atom is -0.309 e. The Balaban J connectivity index is 1.34. The molecule has 0 amide bonds. The molecular formula is C46H30N4. The highest BCUT2D eigenvalue weighted by Crippen LogP contribution is 2.55. The van der Waals surface area contributed by atoms with Gasteiger partial charge in [-0.15, -0.1) is 0 Å². The Labute approximate surface area is 290 Å². The van der Waals surface area contributed by atoms with Gasteiger partial charge in [0.1, 0.15) is 5.41 Å². The molecule has 0 atom stereocenters. The Kier molecular flexibility index (Phi) is 6.36. The zero-order chi connectivity index (χ0) is 33.1. The molecular weight excluding hydrogens is 609 g/mol. The first-order valence-corrected chi connectivity index (χ1v) is 17.0. The molecule has 0 bridgehead atoms. The molecule has 0 radical (unpaired) electrons. The Bertz CT molecular complexity index is 2650. The highest BCUT2D eigenvalue weighted by atomic mass is 15.1. The Morgan fingerprint density at radius 3 is 1.66 bits per heavy atom. The summed E-state index contributed by atoms with van der Waals surface area (Å²) in [5.41, 5.74) is 10.4. The van der Waals surface area contributed by atoms with Gasteiger partial charge < -0.3 is 4.57 Å². The molecule has 0 fully saturated rings. The summed E-state index contributed by atoms with van der Waals surface area (Å²) in [5, 5.41) is 2.27. The fourth-order valence-electron chi connectivity index (χ4n) is 8.05. The molecule has 0 spiro atoms. The van der Waals surface area contributed by atoms with Gasteiger partial charge in [0.25, 0.3) is 0 Å². The van der Waals surface area contributed by atoms with Gasteiger partial charge in [-0.3, -0.25) is 0 Å². The van der Waals surface area contributed by atoms with Crippen molar-refractivity contribution in [2.24, 2.45) is 0 Å². The first kappa shape index (κ1) is 28.4. The summed E-state index contributed by atoms with van der Waals surface area (Å²) in [4.78, 5) is 16.3. The molecule has 2 heterocycles. The van der Waals surface area contributed by atoms with E-state index in [1.165, 1.54) is 22.3 Å². The molecule has 4 nitrogen and oxygen atoms in total. The quantitative estimate of drug-likeness (QED) is 0.188. The van der Waals surface area contributed by atoms with Crippen LogP contribution >= 0.6 is 0 Å². The zero-order valence-electron chi connectivity index (χ0n) is 27.1. The summed E-state index contributed by atoms with van der Waals surface area (Å²) in [7, 11) is 0. The van der Waals surface area contributed by atoms with Gasteiger partial charge in [-0.2, -0.15) is 0 Å². The molecule has 0 N–H and O–H groups in total. The van der Waals surface area contributed by atoms with Crippen LogP contribution in [0.5, 0.6) is 0 Å². The highest BCUT2D eigenvalue weighted by molar-refractivity contribution is 6.15. The molecule has 0 saturated heterocycles. The molecule has 2 aromatic heterocycles. The smallest absolute Gasteiger partial charge is 0.164 e. The second-order valence-corrected chi connectivity index (χ2v) is 12.8. The molecule has 0 unspecified atom stereocenters. The monoisotopic (exact) mass is 638 g/mol. The third kappa shape index (κ3) is 4.09. The molecule has 1 aliphatic rings. The number of benzene rings is 7. The first-order chi connectivity index (χ1) is 24.8. The fourth-order valence-corrected chi connectivity index (χ4v) is 8.05. The average Bonchev–Trinajstić information content (AvgIpc) is 3.70. The van der Waals surface area contributed by atoms with Gasteiger partial charge in [0.15, 0.2) is 17.5 Å². The van der Waals surface area contributed by atoms with Crippen molar-refractivity contribution in [3.8, 4) is 39.6 Å². The third-order valence-corrected chi connectivity index (χ3v) is 10.1. The van der Waals surface area contributed by atoms with E-state index in [1.54, 1.807) is 0 Å². The fraction of sp³-hybridized carbons (Fsp3) is 0.0217. The summed E-state index contributed by atoms with van der Waals surface area (Å²) < 4.78 is 2.34. The topological polar surface area (TPSA) is 43.6 Å². The molecule has 0 saturated carbocycles. The van der Waals surface area contributed by atoms with Crippen molar-refractivity contribution in [3.05, 3.63) is 205 Å². The van der Waals surface area contributed by atoms with Crippen LogP contribution in [0.4, 0.5) is 0 Å². The van der Waals surface area contributed by atoms with Crippen molar-refractivity contribution in [2.45, 2.75) is 5.41 Å². The maximum atomic E-state index is 5.56. The number of hydrogen-bond acceptors (Lipinski definition) is 3. The lowest BCUT2D eigenvalue weighted by Gasteiger charge is -2.32. The van der Waals surface area contributed by atoms with Crippen molar-refractivity contribution in [1.29, 1.82) is 0 Å². The summed E-state index contributed by atoms with van der Waals surface area (Å²) in [5.74, 6) is 1.99. The zero-order valence-corrected chi connectivity index (χ0v) is 27.1. The third-order valence-electron chi connectivity index (χ3n) is 10.1. The van der Waals surface area contributed by atoms with Crippen LogP contribution < -0.4 is 0 Å². The van der Waals surface area contributed by atoms with E-state index in [9.17, 15) is 0 Å². The minimum atomic E-state index is -0.762. The van der Waals surface area contributed by atoms with Crippen LogP contribution in [-0.2, 0) is 5.41 Å². The molecule has 0 aliphatic heterocycles. The molecule has 1 aliphatic carbocycles. The number of para-hydroxylation sites is 2. The van der Waals surface area contributed by atoms with Crippen molar-refractivity contribution in [3.63, 3.8) is 0 Å². The van der Waals surface area contributed by atoms with Gasteiger partial charge in [-0.05, 0) is 52.1 Å². The molecule has 50 heavy (non-hydrogen) atoms. The van der Waals surface area contributed by atoms with Gasteiger partial charge in [0.2, 0.25) is 0 Å². The first-order valence-electron chi connectivity index (χ1n) is 17.0. The maximum absolute atomic E-state index is 5.56. The van der Waals surface area contributed by atoms with Gasteiger partial charge in [-0.1, -0.05) is 158 Å². The van der Waals surface area contributed by atoms with Crippen LogP contribution in [0.1, 0.15) is 22.5 Å². The van der Waals surface area contributed by atoms with E-state index in [4.69, 9.17) is 15.0 Å². The molecule has 10 rings (SSSR count). The van der Waals surface area contributed by atoms with E-state index in [0.29, 0.717) is 17.5 Å². The summed E-state index contributed by atoms with van der Waals surface area (Å²) in [6.07, 6.45) is 0. The molecule has 234 valence electrons. The van der Waals surface area contributed by atoms with Crippen LogP contribution in [0.2, 0.25) is 0 Å². The number of rotatable bonds is 5. The van der Waals surface area contributed by atoms with Crippen molar-refractivity contribution < 1.29 is 0 Å². The Morgan fingerprint density at radius 2 is 0.940 bits per heavy atom. The second kappa shape index (κ2) is 11.2. The lowest BCUT2D eigenvalue weighted by atomic mass is 9.71. The average molecular weight is 639 g/mol. The normalized spacial score (nSPS) is 13.0. The van der Waals surface area contributed by atoms with Crippen LogP contribution in [0.3, 0.4) is 0 Å². The van der Waals surface area contributed by atoms with Crippen LogP contribution in [-0.4, -0.2) is 19.5 Å². The standard InChI is InChI=1S/C46H30N4/c1-4-17-31(18-5-1)43-47-44(37-26-16-30-41-42(37)36-25-12-15-29-40(36)50(41)33-21-8-3-9-22-33)49-45(48-43)46(32-19-6-2-7-20-32)38-27-13-10-23-34(38)35-24-11-14-28-39(35)46/h1-30H. The Hall–Kier alpha value is -6.65. The molecule has 9 aromatic rings. The lowest BCUT2D eigenvalue weighted by Crippen LogP contribution is -2.31. The van der Waals surface area contributed by atoms with Gasteiger partial charge in [0, 0.05) is 27.6 Å². The van der Waals surface area contributed by atoms with Crippen LogP contribution in [0.15, 0.2) is 182 Å². The van der Waals surface area contributed by atoms with Crippen molar-refractivity contribution >= 4 is 21.8 Å². The van der Waals surface area contributed by atoms with Gasteiger partial charge in [-0.25, -0.2) is 15.0 Å². The molecule has 4 heteroatoms. The lowest BCUT2D eigenvalue weighted by molar-refractivity contribution is 0.692. The largest absolute Gasteiger partial charge is 0.309 e. The predicted octanol–water partition coefficient (Wildman–Crippen LogP) is 10.7. The van der Waals surface area contributed by atoms with E-state index in [-0.39, 0.29) is 0 Å². The number of hydrogen-bond donors (Lipinski definition) is 0. The number of fused-ring (bicyclic) bond motifs is 6. The number of aromatic nitrogens is 4. The SMILES string of the molecule is c1ccc(-c2nc(-c3cccc4c3c3ccccc3n4-c3ccccc3)nc(C3(c4ccccc4)c4ccccc4-c4ccccc43)n2)cc1. The predicted molar refractivity (Wildman–Crippen MR) is 202 cm³/mol. The van der Waals surface area contributed by atoms with E-state index >= 15 is 0 Å². The Morgan fingerprint density at radius 1 is 0.400 bits per heavy atom. The summed E-state index contributed by atoms with van der Waals surface area (Å²) in [6.45, 7) is 0. The molecule has 7 aromatic carbocycles. The van der Waals surface area contributed by atoms with Crippen molar-refractivity contribution in [1.82, 2.24) is 19.5 Å². The van der Waals surface area contributed by atoms with E-state index in [2.05, 4.69) is 168 Å². The summed E-state index contributed by atoms with van der Waals surface area (Å²) >= 11 is 0. The highest BCUT2D eigenvalue weighted by Gasteiger charge is 2.48. The maximum Gasteiger partial charge on any atom is 0.164 e. The van der Waals surface area contributed by atoms with E-state index < -0.39 is 5.41 Å². The van der Waals surface area contributed by atoms with Crippen LogP contribution in [0, 0.1) is 0 Å². The van der Waals surface area contributed by atoms with Gasteiger partial charge in [0.05, 0.1) is 11.0 Å². The van der Waals surface area contributed by atoms with Crippen LogP contribution in [0.25, 0.3) is 61.4 Å². The van der Waals surface area contributed by atoms with E-state index in [1.807, 2.05) is 18.2 Å². The van der Waals surface area contributed by atoms with E-state index in [0.717, 1.165) is 44.2 Å². The number of nitrogens with zero attached hydrogens (tertiary/aromatic N) is 4. The minimum absolute atomic E-state index is 0.645. The van der Waals surface area contributed by atoms with Crippen molar-refractivity contribution in [2.75, 3.05) is 0 Å². The second-order valence-electron chi connectivity index (χ2n) is 12.8. The van der Waals surface area contributed by atoms with Gasteiger partial charge >= 0.3 is 0 Å².